The maximum Gasteiger partial charge on any atom is 0.309 e. The standard InChI is InChI=1S/C13H15ClN2O2/c1-2-18-13(17)10-5-3-9(4-6-10)11-7-8-12(14)16-15-11/h3,7-8,10H,2,4-6H2,1H3/t10-/m1/s1. The largest absolute Gasteiger partial charge is 0.466 e. The molecule has 1 aromatic rings. The molecule has 1 aromatic heterocycles. The molecule has 1 aliphatic carbocycles. The van der Waals surface area contributed by atoms with Crippen LogP contribution >= 0.6 is 11.6 Å². The lowest BCUT2D eigenvalue weighted by Crippen LogP contribution is -2.19. The maximum atomic E-state index is 11.6. The van der Waals surface area contributed by atoms with Crippen LogP contribution in [0.5, 0.6) is 0 Å². The van der Waals surface area contributed by atoms with Crippen molar-refractivity contribution in [2.24, 2.45) is 5.92 Å². The number of hydrogen-bond acceptors (Lipinski definition) is 4. The zero-order chi connectivity index (χ0) is 13.0. The zero-order valence-corrected chi connectivity index (χ0v) is 11.0. The molecule has 0 saturated carbocycles. The minimum absolute atomic E-state index is 0.0195. The predicted molar refractivity (Wildman–Crippen MR) is 69.0 cm³/mol. The maximum absolute atomic E-state index is 11.6. The Bertz CT molecular complexity index is 457. The lowest BCUT2D eigenvalue weighted by Gasteiger charge is -2.19. The Morgan fingerprint density at radius 2 is 2.33 bits per heavy atom. The summed E-state index contributed by atoms with van der Waals surface area (Å²) in [7, 11) is 0. The average molecular weight is 267 g/mol. The van der Waals surface area contributed by atoms with Crippen molar-refractivity contribution in [3.63, 3.8) is 0 Å². The molecule has 0 saturated heterocycles. The van der Waals surface area contributed by atoms with Crippen LogP contribution in [0.1, 0.15) is 31.9 Å². The molecular weight excluding hydrogens is 252 g/mol. The van der Waals surface area contributed by atoms with Crippen molar-refractivity contribution in [2.75, 3.05) is 6.61 Å². The molecule has 2 rings (SSSR count). The molecule has 0 spiro atoms. The Hall–Kier alpha value is -1.42. The molecule has 0 aliphatic heterocycles. The number of rotatable bonds is 3. The minimum Gasteiger partial charge on any atom is -0.466 e. The van der Waals surface area contributed by atoms with Crippen molar-refractivity contribution in [1.82, 2.24) is 10.2 Å². The van der Waals surface area contributed by atoms with Gasteiger partial charge in [0.1, 0.15) is 0 Å². The Balaban J connectivity index is 2.02. The molecule has 0 unspecified atom stereocenters. The molecule has 0 fully saturated rings. The van der Waals surface area contributed by atoms with E-state index >= 15 is 0 Å². The molecule has 0 radical (unpaired) electrons. The van der Waals surface area contributed by atoms with Crippen LogP contribution in [0.2, 0.25) is 5.15 Å². The molecular formula is C13H15ClN2O2. The first-order valence-electron chi connectivity index (χ1n) is 6.06. The van der Waals surface area contributed by atoms with Crippen LogP contribution in [0.25, 0.3) is 5.57 Å². The number of carbonyl (C=O) groups is 1. The summed E-state index contributed by atoms with van der Waals surface area (Å²) >= 11 is 5.70. The molecule has 4 nitrogen and oxygen atoms in total. The fourth-order valence-electron chi connectivity index (χ4n) is 2.03. The highest BCUT2D eigenvalue weighted by molar-refractivity contribution is 6.29. The van der Waals surface area contributed by atoms with E-state index in [0.717, 1.165) is 24.1 Å². The van der Waals surface area contributed by atoms with Crippen LogP contribution in [0.3, 0.4) is 0 Å². The summed E-state index contributed by atoms with van der Waals surface area (Å²) in [6.45, 7) is 2.26. The summed E-state index contributed by atoms with van der Waals surface area (Å²) in [5, 5.41) is 8.25. The van der Waals surface area contributed by atoms with E-state index in [2.05, 4.69) is 10.2 Å². The average Bonchev–Trinajstić information content (AvgIpc) is 2.40. The van der Waals surface area contributed by atoms with Gasteiger partial charge >= 0.3 is 5.97 Å². The minimum atomic E-state index is -0.102. The number of carbonyl (C=O) groups excluding carboxylic acids is 1. The molecule has 0 aromatic carbocycles. The third kappa shape index (κ3) is 3.07. The quantitative estimate of drug-likeness (QED) is 0.790. The smallest absolute Gasteiger partial charge is 0.309 e. The van der Waals surface area contributed by atoms with Gasteiger partial charge in [-0.3, -0.25) is 4.79 Å². The van der Waals surface area contributed by atoms with Gasteiger partial charge in [0, 0.05) is 0 Å². The number of aromatic nitrogens is 2. The van der Waals surface area contributed by atoms with Gasteiger partial charge in [0.15, 0.2) is 5.15 Å². The highest BCUT2D eigenvalue weighted by atomic mass is 35.5. The number of ether oxygens (including phenoxy) is 1. The SMILES string of the molecule is CCOC(=O)[C@@H]1CC=C(c2ccc(Cl)nn2)CC1. The van der Waals surface area contributed by atoms with Gasteiger partial charge in [-0.05, 0) is 43.9 Å². The van der Waals surface area contributed by atoms with Crippen molar-refractivity contribution in [2.45, 2.75) is 26.2 Å². The highest BCUT2D eigenvalue weighted by Gasteiger charge is 2.23. The Morgan fingerprint density at radius 3 is 2.89 bits per heavy atom. The van der Waals surface area contributed by atoms with Crippen molar-refractivity contribution in [3.8, 4) is 0 Å². The second-order valence-corrected chi connectivity index (χ2v) is 4.58. The van der Waals surface area contributed by atoms with Gasteiger partial charge in [-0.15, -0.1) is 10.2 Å². The van der Waals surface area contributed by atoms with E-state index in [-0.39, 0.29) is 11.9 Å². The third-order valence-corrected chi connectivity index (χ3v) is 3.19. The van der Waals surface area contributed by atoms with E-state index < -0.39 is 0 Å². The molecule has 1 aliphatic rings. The first-order chi connectivity index (χ1) is 8.70. The van der Waals surface area contributed by atoms with Gasteiger partial charge in [-0.25, -0.2) is 0 Å². The summed E-state index contributed by atoms with van der Waals surface area (Å²) in [5.74, 6) is -0.121. The normalized spacial score (nSPS) is 19.2. The number of nitrogens with zero attached hydrogens (tertiary/aromatic N) is 2. The monoisotopic (exact) mass is 266 g/mol. The van der Waals surface area contributed by atoms with Crippen LogP contribution in [0.4, 0.5) is 0 Å². The summed E-state index contributed by atoms with van der Waals surface area (Å²) in [6.07, 6.45) is 4.37. The van der Waals surface area contributed by atoms with E-state index in [1.54, 1.807) is 6.07 Å². The second kappa shape index (κ2) is 5.96. The zero-order valence-electron chi connectivity index (χ0n) is 10.2. The fraction of sp³-hybridized carbons (Fsp3) is 0.462. The highest BCUT2D eigenvalue weighted by Crippen LogP contribution is 2.29. The van der Waals surface area contributed by atoms with Gasteiger partial charge in [0.05, 0.1) is 18.2 Å². The lowest BCUT2D eigenvalue weighted by molar-refractivity contribution is -0.148. The van der Waals surface area contributed by atoms with Gasteiger partial charge in [0.25, 0.3) is 0 Å². The predicted octanol–water partition coefficient (Wildman–Crippen LogP) is 2.88. The number of hydrogen-bond donors (Lipinski definition) is 0. The van der Waals surface area contributed by atoms with Crippen molar-refractivity contribution in [1.29, 1.82) is 0 Å². The van der Waals surface area contributed by atoms with Crippen LogP contribution in [-0.4, -0.2) is 22.8 Å². The molecule has 0 bridgehead atoms. The van der Waals surface area contributed by atoms with Crippen molar-refractivity contribution in [3.05, 3.63) is 29.1 Å². The van der Waals surface area contributed by atoms with Crippen molar-refractivity contribution >= 4 is 23.1 Å². The summed E-state index contributed by atoms with van der Waals surface area (Å²) in [5.41, 5.74) is 1.96. The first kappa shape index (κ1) is 13.0. The van der Waals surface area contributed by atoms with Crippen molar-refractivity contribution < 1.29 is 9.53 Å². The number of halogens is 1. The van der Waals surface area contributed by atoms with E-state index in [1.807, 2.05) is 19.1 Å². The van der Waals surface area contributed by atoms with E-state index in [4.69, 9.17) is 16.3 Å². The van der Waals surface area contributed by atoms with Gasteiger partial charge in [-0.2, -0.15) is 0 Å². The van der Waals surface area contributed by atoms with Crippen LogP contribution in [0, 0.1) is 5.92 Å². The summed E-state index contributed by atoms with van der Waals surface area (Å²) in [6, 6.07) is 3.58. The number of allylic oxidation sites excluding steroid dienone is 2. The van der Waals surface area contributed by atoms with Gasteiger partial charge < -0.3 is 4.74 Å². The topological polar surface area (TPSA) is 52.1 Å². The Labute approximate surface area is 111 Å². The first-order valence-corrected chi connectivity index (χ1v) is 6.43. The molecule has 1 atom stereocenters. The Morgan fingerprint density at radius 1 is 1.50 bits per heavy atom. The summed E-state index contributed by atoms with van der Waals surface area (Å²) < 4.78 is 5.02. The second-order valence-electron chi connectivity index (χ2n) is 4.19. The third-order valence-electron chi connectivity index (χ3n) is 2.99. The van der Waals surface area contributed by atoms with Gasteiger partial charge in [-0.1, -0.05) is 17.7 Å². The lowest BCUT2D eigenvalue weighted by atomic mass is 9.88. The fourth-order valence-corrected chi connectivity index (χ4v) is 2.13. The molecule has 1 heterocycles. The van der Waals surface area contributed by atoms with Crippen LogP contribution in [0.15, 0.2) is 18.2 Å². The van der Waals surface area contributed by atoms with Crippen LogP contribution in [-0.2, 0) is 9.53 Å². The molecule has 0 amide bonds. The van der Waals surface area contributed by atoms with E-state index in [1.165, 1.54) is 0 Å². The summed E-state index contributed by atoms with van der Waals surface area (Å²) in [4.78, 5) is 11.6. The van der Waals surface area contributed by atoms with Gasteiger partial charge in [0.2, 0.25) is 0 Å². The molecule has 18 heavy (non-hydrogen) atoms. The molecule has 0 N–H and O–H groups in total. The van der Waals surface area contributed by atoms with Crippen LogP contribution < -0.4 is 0 Å². The number of esters is 1. The van der Waals surface area contributed by atoms with E-state index in [9.17, 15) is 4.79 Å². The Kier molecular flexibility index (Phi) is 4.31. The van der Waals surface area contributed by atoms with E-state index in [0.29, 0.717) is 18.2 Å². The molecule has 96 valence electrons. The molecule has 5 heteroatoms.